The molecule has 0 amide bonds. The second-order valence-corrected chi connectivity index (χ2v) is 19.4. The fourth-order valence-electron chi connectivity index (χ4n) is 6.81. The number of piperazine rings is 2. The van der Waals surface area contributed by atoms with Crippen LogP contribution in [0, 0.1) is 29.6 Å². The molecule has 0 N–H and O–H groups in total. The molecule has 0 saturated carbocycles. The Morgan fingerprint density at radius 1 is 0.576 bits per heavy atom. The fraction of sp³-hybridized carbons (Fsp3) is 0.256. The van der Waals surface area contributed by atoms with Crippen LogP contribution in [0.1, 0.15) is 29.2 Å². The zero-order valence-corrected chi connectivity index (χ0v) is 35.9. The first-order chi connectivity index (χ1) is 28.5. The van der Waals surface area contributed by atoms with Gasteiger partial charge in [-0.3, -0.25) is 0 Å². The molecule has 2 aliphatic heterocycles. The molecule has 2 aromatic heterocycles. The smallest absolute Gasteiger partial charge is 0.244 e. The van der Waals surface area contributed by atoms with Crippen molar-refractivity contribution in [1.82, 2.24) is 18.6 Å². The number of hydrogen-bond donors (Lipinski definition) is 0. The number of benzene rings is 4. The van der Waals surface area contributed by atoms with Crippen LogP contribution in [0.3, 0.4) is 0 Å². The summed E-state index contributed by atoms with van der Waals surface area (Å²) in [6, 6.07) is 33.3. The van der Waals surface area contributed by atoms with E-state index in [4.69, 9.17) is 9.97 Å². The molecule has 0 spiro atoms. The Kier molecular flexibility index (Phi) is 12.9. The first-order valence-corrected chi connectivity index (χ1v) is 23.7. The van der Waals surface area contributed by atoms with Gasteiger partial charge in [-0.1, -0.05) is 85.3 Å². The van der Waals surface area contributed by atoms with Gasteiger partial charge in [0.1, 0.15) is 12.1 Å². The highest BCUT2D eigenvalue weighted by Gasteiger charge is 2.32. The van der Waals surface area contributed by atoms with Gasteiger partial charge in [0.15, 0.2) is 10.3 Å². The average molecular weight is 863 g/mol. The predicted molar refractivity (Wildman–Crippen MR) is 233 cm³/mol. The van der Waals surface area contributed by atoms with E-state index in [-0.39, 0.29) is 20.9 Å². The van der Waals surface area contributed by atoms with E-state index in [1.165, 1.54) is 44.0 Å². The molecule has 0 unspecified atom stereocenters. The lowest BCUT2D eigenvalue weighted by molar-refractivity contribution is 0.384. The lowest BCUT2D eigenvalue weighted by atomic mass is 10.1. The molecule has 4 aromatic carbocycles. The number of hydrogen-bond acceptors (Lipinski definition) is 12. The van der Waals surface area contributed by atoms with Gasteiger partial charge in [-0.2, -0.15) is 19.1 Å². The third-order valence-corrected chi connectivity index (χ3v) is 16.0. The predicted octanol–water partition coefficient (Wildman–Crippen LogP) is 7.26. The summed E-state index contributed by atoms with van der Waals surface area (Å²) < 4.78 is 54.8. The van der Waals surface area contributed by atoms with Crippen LogP contribution >= 0.6 is 22.7 Å². The lowest BCUT2D eigenvalue weighted by Gasteiger charge is -2.33. The van der Waals surface area contributed by atoms with E-state index in [9.17, 15) is 27.4 Å². The molecule has 59 heavy (non-hydrogen) atoms. The Morgan fingerprint density at radius 2 is 0.966 bits per heavy atom. The van der Waals surface area contributed by atoms with E-state index in [0.29, 0.717) is 52.4 Å². The average Bonchev–Trinajstić information content (AvgIpc) is 3.99. The van der Waals surface area contributed by atoms with Gasteiger partial charge in [-0.25, -0.2) is 26.8 Å². The van der Waals surface area contributed by atoms with E-state index in [0.717, 1.165) is 39.2 Å². The van der Waals surface area contributed by atoms with Gasteiger partial charge < -0.3 is 9.80 Å². The van der Waals surface area contributed by atoms with Crippen molar-refractivity contribution >= 4 is 53.0 Å². The minimum atomic E-state index is -3.69. The molecule has 0 bridgehead atoms. The number of sulfonamides is 2. The van der Waals surface area contributed by atoms with Crippen LogP contribution in [0.25, 0.3) is 22.5 Å². The molecule has 0 atom stereocenters. The second-order valence-electron chi connectivity index (χ2n) is 13.9. The Morgan fingerprint density at radius 3 is 1.36 bits per heavy atom. The van der Waals surface area contributed by atoms with Gasteiger partial charge in [0.25, 0.3) is 0 Å². The quantitative estimate of drug-likeness (QED) is 0.145. The molecule has 2 fully saturated rings. The van der Waals surface area contributed by atoms with Crippen LogP contribution in [0.5, 0.6) is 0 Å². The van der Waals surface area contributed by atoms with Crippen molar-refractivity contribution in [3.63, 3.8) is 0 Å². The summed E-state index contributed by atoms with van der Waals surface area (Å²) in [5.41, 5.74) is 6.90. The summed E-state index contributed by atoms with van der Waals surface area (Å²) in [6.45, 7) is 7.90. The molecule has 16 heteroatoms. The summed E-state index contributed by atoms with van der Waals surface area (Å²) in [5.74, 6) is 0. The van der Waals surface area contributed by atoms with Crippen LogP contribution in [0.4, 0.5) is 10.3 Å². The molecule has 6 aromatic rings. The monoisotopic (exact) mass is 862 g/mol. The fourth-order valence-corrected chi connectivity index (χ4v) is 11.7. The zero-order chi connectivity index (χ0) is 41.6. The highest BCUT2D eigenvalue weighted by atomic mass is 32.2. The normalized spacial score (nSPS) is 15.2. The van der Waals surface area contributed by atoms with Crippen LogP contribution in [-0.4, -0.2) is 87.8 Å². The number of nitriles is 2. The van der Waals surface area contributed by atoms with Gasteiger partial charge >= 0.3 is 0 Å². The maximum Gasteiger partial charge on any atom is 0.244 e. The number of nitrogens with zero attached hydrogens (tertiary/aromatic N) is 8. The summed E-state index contributed by atoms with van der Waals surface area (Å²) in [4.78, 5) is 13.9. The van der Waals surface area contributed by atoms with E-state index in [1.54, 1.807) is 46.9 Å². The van der Waals surface area contributed by atoms with Crippen molar-refractivity contribution in [2.75, 3.05) is 62.2 Å². The highest BCUT2D eigenvalue weighted by molar-refractivity contribution is 7.89. The van der Waals surface area contributed by atoms with E-state index >= 15 is 0 Å². The molecule has 12 nitrogen and oxygen atoms in total. The molecule has 4 heterocycles. The van der Waals surface area contributed by atoms with Crippen molar-refractivity contribution < 1.29 is 16.8 Å². The summed E-state index contributed by atoms with van der Waals surface area (Å²) >= 11 is 3.15. The zero-order valence-electron chi connectivity index (χ0n) is 32.6. The summed E-state index contributed by atoms with van der Waals surface area (Å²) in [7, 11) is -7.37. The molecule has 2 aliphatic rings. The van der Waals surface area contributed by atoms with E-state index in [2.05, 4.69) is 72.2 Å². The molecule has 0 radical (unpaired) electrons. The minimum absolute atomic E-state index is 0.0758. The molecular weight excluding hydrogens is 821 g/mol. The van der Waals surface area contributed by atoms with Crippen LogP contribution in [-0.2, 0) is 26.5 Å². The maximum absolute atomic E-state index is 13.0. The lowest BCUT2D eigenvalue weighted by Crippen LogP contribution is -2.48. The van der Waals surface area contributed by atoms with Crippen molar-refractivity contribution in [3.05, 3.63) is 130 Å². The van der Waals surface area contributed by atoms with Crippen molar-refractivity contribution in [3.8, 4) is 34.7 Å². The molecule has 2 saturated heterocycles. The summed E-state index contributed by atoms with van der Waals surface area (Å²) in [6.07, 6.45) is 1.01. The maximum atomic E-state index is 13.0. The van der Waals surface area contributed by atoms with Crippen molar-refractivity contribution in [1.29, 1.82) is 10.5 Å². The summed E-state index contributed by atoms with van der Waals surface area (Å²) in [5, 5.41) is 24.4. The molecule has 302 valence electrons. The number of aryl methyl sites for hydroxylation is 2. The number of anilines is 2. The largest absolute Gasteiger partial charge is 0.345 e. The molecule has 0 aliphatic carbocycles. The minimum Gasteiger partial charge on any atom is -0.345 e. The Balaban J connectivity index is 0.000000179. The third kappa shape index (κ3) is 9.24. The SMILES string of the molecule is CCc1ccc(-c2csc(N3CCN(S(=O)(=O)c4ccccc4C#N)CC3)n2)cc1.Cc1ccc(-c2csc(N3CCN(S(=O)(=O)c4ccccc4C#N)CC3)n2)cc1. The Hall–Kier alpha value is -5.46. The number of thiazole rings is 2. The van der Waals surface area contributed by atoms with Gasteiger partial charge in [0, 0.05) is 74.2 Å². The first-order valence-electron chi connectivity index (χ1n) is 19.1. The van der Waals surface area contributed by atoms with Gasteiger partial charge in [0.05, 0.1) is 32.3 Å². The third-order valence-electron chi connectivity index (χ3n) is 10.3. The van der Waals surface area contributed by atoms with Gasteiger partial charge in [0.2, 0.25) is 20.0 Å². The first kappa shape index (κ1) is 41.7. The second kappa shape index (κ2) is 18.2. The van der Waals surface area contributed by atoms with E-state index < -0.39 is 20.0 Å². The van der Waals surface area contributed by atoms with E-state index in [1.807, 2.05) is 22.9 Å². The Bertz CT molecular complexity index is 2700. The number of rotatable bonds is 9. The molecular formula is C43H42N8O4S4. The molecule has 8 rings (SSSR count). The van der Waals surface area contributed by atoms with Crippen molar-refractivity contribution in [2.24, 2.45) is 0 Å². The van der Waals surface area contributed by atoms with Crippen LogP contribution in [0.15, 0.2) is 118 Å². The van der Waals surface area contributed by atoms with Crippen LogP contribution in [0.2, 0.25) is 0 Å². The highest BCUT2D eigenvalue weighted by Crippen LogP contribution is 2.31. The van der Waals surface area contributed by atoms with Crippen molar-refractivity contribution in [2.45, 2.75) is 30.1 Å². The van der Waals surface area contributed by atoms with Gasteiger partial charge in [-0.15, -0.1) is 22.7 Å². The standard InChI is InChI=1S/C22H22N4O2S2.C21H20N4O2S2/c1-2-17-7-9-18(10-8-17)20-16-29-22(24-20)25-11-13-26(14-12-25)30(27,28)21-6-4-3-5-19(21)15-23;1-16-6-8-17(9-7-16)19-15-28-21(23-19)24-10-12-25(13-11-24)29(26,27)20-5-3-2-4-18(20)14-22/h3-10,16H,2,11-14H2,1H3;2-9,15H,10-13H2,1H3. The Labute approximate surface area is 354 Å². The topological polar surface area (TPSA) is 155 Å². The van der Waals surface area contributed by atoms with Gasteiger partial charge in [-0.05, 0) is 43.2 Å². The number of aromatic nitrogens is 2. The van der Waals surface area contributed by atoms with Crippen LogP contribution < -0.4 is 9.80 Å².